The molecule has 0 heteroatoms. The zero-order valence-corrected chi connectivity index (χ0v) is 20.5. The van der Waals surface area contributed by atoms with E-state index in [1.165, 1.54) is 73.6 Å². The van der Waals surface area contributed by atoms with Crippen molar-refractivity contribution in [2.75, 3.05) is 0 Å². The van der Waals surface area contributed by atoms with Crippen LogP contribution in [0.5, 0.6) is 0 Å². The number of hydrogen-bond donors (Lipinski definition) is 0. The third-order valence-electron chi connectivity index (χ3n) is 7.13. The van der Waals surface area contributed by atoms with Crippen LogP contribution in [0.15, 0.2) is 48.6 Å². The maximum absolute atomic E-state index is 4.48. The molecule has 0 heterocycles. The number of allylic oxidation sites excluding steroid dienone is 5. The van der Waals surface area contributed by atoms with Crippen molar-refractivity contribution in [1.29, 1.82) is 0 Å². The summed E-state index contributed by atoms with van der Waals surface area (Å²) in [4.78, 5) is 0. The second kappa shape index (κ2) is 13.0. The van der Waals surface area contributed by atoms with Gasteiger partial charge in [0, 0.05) is 0 Å². The van der Waals surface area contributed by atoms with Gasteiger partial charge >= 0.3 is 0 Å². The van der Waals surface area contributed by atoms with Gasteiger partial charge in [-0.1, -0.05) is 116 Å². The number of unbranched alkanes of at least 4 members (excludes halogenated alkanes) is 2. The lowest BCUT2D eigenvalue weighted by atomic mass is 9.77. The van der Waals surface area contributed by atoms with E-state index in [9.17, 15) is 0 Å². The van der Waals surface area contributed by atoms with E-state index < -0.39 is 0 Å². The molecule has 30 heavy (non-hydrogen) atoms. The molecule has 1 aromatic rings. The average Bonchev–Trinajstić information content (AvgIpc) is 2.77. The molecular weight excluding hydrogens is 360 g/mol. The average molecular weight is 407 g/mol. The Labute approximate surface area is 187 Å². The molecule has 0 amide bonds. The van der Waals surface area contributed by atoms with Gasteiger partial charge in [0.2, 0.25) is 0 Å². The molecule has 0 fully saturated rings. The molecule has 0 N–H and O–H groups in total. The largest absolute Gasteiger partial charge is 0.0952 e. The van der Waals surface area contributed by atoms with E-state index in [1.807, 2.05) is 0 Å². The lowest BCUT2D eigenvalue weighted by Gasteiger charge is -2.28. The summed E-state index contributed by atoms with van der Waals surface area (Å²) in [6.07, 6.45) is 17.9. The molecule has 0 aromatic heterocycles. The zero-order valence-electron chi connectivity index (χ0n) is 20.5. The van der Waals surface area contributed by atoms with E-state index in [2.05, 4.69) is 77.6 Å². The molecule has 1 aromatic carbocycles. The number of hydrogen-bond acceptors (Lipinski definition) is 0. The molecule has 0 saturated carbocycles. The van der Waals surface area contributed by atoms with Gasteiger partial charge in [-0.2, -0.15) is 0 Å². The Hall–Kier alpha value is -1.56. The number of benzene rings is 1. The molecule has 0 nitrogen and oxygen atoms in total. The monoisotopic (exact) mass is 406 g/mol. The van der Waals surface area contributed by atoms with Crippen LogP contribution in [0.1, 0.15) is 110 Å². The fourth-order valence-electron chi connectivity index (χ4n) is 5.13. The predicted octanol–water partition coefficient (Wildman–Crippen LogP) is 9.87. The van der Waals surface area contributed by atoms with Gasteiger partial charge < -0.3 is 0 Å². The van der Waals surface area contributed by atoms with Crippen molar-refractivity contribution in [1.82, 2.24) is 0 Å². The van der Waals surface area contributed by atoms with Gasteiger partial charge in [-0.15, -0.1) is 0 Å². The van der Waals surface area contributed by atoms with Crippen LogP contribution in [-0.4, -0.2) is 0 Å². The second-order valence-electron chi connectivity index (χ2n) is 9.44. The highest BCUT2D eigenvalue weighted by atomic mass is 14.3. The van der Waals surface area contributed by atoms with Gasteiger partial charge in [0.25, 0.3) is 0 Å². The van der Waals surface area contributed by atoms with Gasteiger partial charge in [0.1, 0.15) is 0 Å². The Balaban J connectivity index is 2.09. The highest BCUT2D eigenvalue weighted by Crippen LogP contribution is 2.37. The third kappa shape index (κ3) is 7.00. The molecule has 166 valence electrons. The Bertz CT molecular complexity index is 709. The van der Waals surface area contributed by atoms with Gasteiger partial charge in [0.05, 0.1) is 0 Å². The van der Waals surface area contributed by atoms with Crippen LogP contribution in [0.4, 0.5) is 0 Å². The molecular formula is C30H46. The molecule has 1 aliphatic carbocycles. The molecule has 0 radical (unpaired) electrons. The van der Waals surface area contributed by atoms with E-state index >= 15 is 0 Å². The first kappa shape index (κ1) is 24.7. The van der Waals surface area contributed by atoms with Gasteiger partial charge in [0.15, 0.2) is 0 Å². The Kier molecular flexibility index (Phi) is 10.7. The third-order valence-corrected chi connectivity index (χ3v) is 7.13. The predicted molar refractivity (Wildman–Crippen MR) is 137 cm³/mol. The second-order valence-corrected chi connectivity index (χ2v) is 9.44. The van der Waals surface area contributed by atoms with Crippen molar-refractivity contribution in [2.24, 2.45) is 17.8 Å². The molecule has 1 aliphatic rings. The van der Waals surface area contributed by atoms with E-state index in [4.69, 9.17) is 0 Å². The van der Waals surface area contributed by atoms with E-state index in [1.54, 1.807) is 5.57 Å². The summed E-state index contributed by atoms with van der Waals surface area (Å²) in [6.45, 7) is 16.1. The Morgan fingerprint density at radius 2 is 1.70 bits per heavy atom. The van der Waals surface area contributed by atoms with E-state index in [0.717, 1.165) is 18.8 Å². The van der Waals surface area contributed by atoms with Crippen LogP contribution in [0.3, 0.4) is 0 Å². The summed E-state index contributed by atoms with van der Waals surface area (Å²) in [7, 11) is 0. The summed E-state index contributed by atoms with van der Waals surface area (Å²) < 4.78 is 0. The standard InChI is InChI=1S/C30H46/c1-7-11-14-25(15-12-8-2)19-18-23(5)27-16-13-17-28(22-27)29-20-24(6)30(10-4)26(9-3)21-29/h13,16-17,20-22,24-25,30H,5,7-12,14-15,18-19H2,1-4,6H3. The minimum absolute atomic E-state index is 0.620. The molecule has 2 rings (SSSR count). The van der Waals surface area contributed by atoms with Crippen molar-refractivity contribution < 1.29 is 0 Å². The summed E-state index contributed by atoms with van der Waals surface area (Å²) in [5, 5.41) is 0. The minimum atomic E-state index is 0.620. The van der Waals surface area contributed by atoms with E-state index in [0.29, 0.717) is 11.8 Å². The summed E-state index contributed by atoms with van der Waals surface area (Å²) in [5.74, 6) is 2.20. The van der Waals surface area contributed by atoms with Gasteiger partial charge in [-0.25, -0.2) is 0 Å². The van der Waals surface area contributed by atoms with Crippen LogP contribution in [0.25, 0.3) is 11.1 Å². The highest BCUT2D eigenvalue weighted by Gasteiger charge is 2.22. The van der Waals surface area contributed by atoms with Crippen molar-refractivity contribution in [3.05, 3.63) is 59.7 Å². The van der Waals surface area contributed by atoms with Gasteiger partial charge in [-0.05, 0) is 71.8 Å². The zero-order chi connectivity index (χ0) is 21.9. The fourth-order valence-corrected chi connectivity index (χ4v) is 5.13. The quantitative estimate of drug-likeness (QED) is 0.306. The SMILES string of the molecule is C=C(CCC(CCCC)CCCC)c1cccc(C2=CC(C)C(CC)C(CC)=C2)c1. The summed E-state index contributed by atoms with van der Waals surface area (Å²) in [5.41, 5.74) is 7.01. The maximum atomic E-state index is 4.48. The molecule has 2 atom stereocenters. The first-order chi connectivity index (χ1) is 14.5. The highest BCUT2D eigenvalue weighted by molar-refractivity contribution is 5.78. The van der Waals surface area contributed by atoms with Crippen molar-refractivity contribution >= 4 is 11.1 Å². The molecule has 0 saturated heterocycles. The molecule has 2 unspecified atom stereocenters. The Morgan fingerprint density at radius 1 is 1.00 bits per heavy atom. The number of rotatable bonds is 13. The van der Waals surface area contributed by atoms with Crippen LogP contribution < -0.4 is 0 Å². The summed E-state index contributed by atoms with van der Waals surface area (Å²) >= 11 is 0. The fraction of sp³-hybridized carbons (Fsp3) is 0.600. The van der Waals surface area contributed by atoms with Crippen LogP contribution in [0.2, 0.25) is 0 Å². The minimum Gasteiger partial charge on any atom is -0.0952 e. The topological polar surface area (TPSA) is 0 Å². The van der Waals surface area contributed by atoms with E-state index in [-0.39, 0.29) is 0 Å². The lowest BCUT2D eigenvalue weighted by molar-refractivity contribution is 0.398. The van der Waals surface area contributed by atoms with Crippen molar-refractivity contribution in [2.45, 2.75) is 98.8 Å². The summed E-state index contributed by atoms with van der Waals surface area (Å²) in [6, 6.07) is 9.13. The molecule has 0 aliphatic heterocycles. The van der Waals surface area contributed by atoms with Gasteiger partial charge in [-0.3, -0.25) is 0 Å². The van der Waals surface area contributed by atoms with Crippen LogP contribution in [-0.2, 0) is 0 Å². The van der Waals surface area contributed by atoms with Crippen LogP contribution >= 0.6 is 0 Å². The smallest absolute Gasteiger partial charge is 0.0142 e. The van der Waals surface area contributed by atoms with Crippen molar-refractivity contribution in [3.8, 4) is 0 Å². The lowest BCUT2D eigenvalue weighted by Crippen LogP contribution is -2.15. The molecule has 0 bridgehead atoms. The normalized spacial score (nSPS) is 19.0. The first-order valence-electron chi connectivity index (χ1n) is 12.7. The molecule has 0 spiro atoms. The Morgan fingerprint density at radius 3 is 2.30 bits per heavy atom. The first-order valence-corrected chi connectivity index (χ1v) is 12.7. The van der Waals surface area contributed by atoms with Crippen molar-refractivity contribution in [3.63, 3.8) is 0 Å². The maximum Gasteiger partial charge on any atom is -0.0142 e. The van der Waals surface area contributed by atoms with Crippen LogP contribution in [0, 0.1) is 17.8 Å².